The fourth-order valence-corrected chi connectivity index (χ4v) is 5.00. The van der Waals surface area contributed by atoms with Crippen molar-refractivity contribution in [2.75, 3.05) is 0 Å². The molecule has 3 rings (SSSR count). The van der Waals surface area contributed by atoms with Crippen molar-refractivity contribution in [2.24, 2.45) is 17.8 Å². The molecule has 0 bridgehead atoms. The average Bonchev–Trinajstić information content (AvgIpc) is 2.73. The van der Waals surface area contributed by atoms with Crippen LogP contribution in [-0.4, -0.2) is 5.11 Å². The second kappa shape index (κ2) is 10.2. The van der Waals surface area contributed by atoms with Crippen molar-refractivity contribution in [3.05, 3.63) is 47.6 Å². The Morgan fingerprint density at radius 1 is 0.964 bits per heavy atom. The molecular formula is C25H34F2O. The molecule has 0 aliphatic heterocycles. The van der Waals surface area contributed by atoms with E-state index in [1.807, 2.05) is 0 Å². The van der Waals surface area contributed by atoms with Crippen LogP contribution in [0.2, 0.25) is 0 Å². The molecule has 0 amide bonds. The lowest BCUT2D eigenvalue weighted by Gasteiger charge is -2.35. The SMILES string of the molecule is CCC/C=C/CCC1CCC(C2CC=C(c3ccc(O)c(F)c3F)CC2)CC1. The van der Waals surface area contributed by atoms with Gasteiger partial charge in [-0.25, -0.2) is 4.39 Å². The van der Waals surface area contributed by atoms with E-state index in [1.54, 1.807) is 0 Å². The van der Waals surface area contributed by atoms with Crippen LogP contribution in [0.1, 0.15) is 83.1 Å². The number of allylic oxidation sites excluding steroid dienone is 4. The van der Waals surface area contributed by atoms with Crippen LogP contribution in [-0.2, 0) is 0 Å². The van der Waals surface area contributed by atoms with Gasteiger partial charge in [0.1, 0.15) is 0 Å². The predicted molar refractivity (Wildman–Crippen MR) is 112 cm³/mol. The number of halogens is 2. The molecule has 1 unspecified atom stereocenters. The summed E-state index contributed by atoms with van der Waals surface area (Å²) in [5, 5.41) is 9.31. The fraction of sp³-hybridized carbons (Fsp3) is 0.600. The van der Waals surface area contributed by atoms with E-state index in [1.165, 1.54) is 63.5 Å². The third kappa shape index (κ3) is 5.24. The molecule has 1 saturated carbocycles. The van der Waals surface area contributed by atoms with Gasteiger partial charge < -0.3 is 5.11 Å². The van der Waals surface area contributed by atoms with Gasteiger partial charge >= 0.3 is 0 Å². The molecule has 2 aliphatic carbocycles. The number of benzene rings is 1. The normalized spacial score (nSPS) is 25.8. The highest BCUT2D eigenvalue weighted by atomic mass is 19.2. The van der Waals surface area contributed by atoms with Crippen molar-refractivity contribution < 1.29 is 13.9 Å². The summed E-state index contributed by atoms with van der Waals surface area (Å²) in [6.45, 7) is 2.22. The van der Waals surface area contributed by atoms with Crippen LogP contribution >= 0.6 is 0 Å². The van der Waals surface area contributed by atoms with E-state index >= 15 is 0 Å². The standard InChI is InChI=1S/C25H34F2O/c1-2-3-4-5-6-7-18-8-10-19(11-9-18)20-12-14-21(15-13-20)22-16-17-23(28)25(27)24(22)26/h4-5,14,16-20,28H,2-3,6-13,15H2,1H3/b5-4+. The highest BCUT2D eigenvalue weighted by Gasteiger charge is 2.29. The van der Waals surface area contributed by atoms with Gasteiger partial charge in [0.25, 0.3) is 0 Å². The van der Waals surface area contributed by atoms with Crippen LogP contribution in [0.3, 0.4) is 0 Å². The molecule has 1 aromatic rings. The van der Waals surface area contributed by atoms with E-state index < -0.39 is 17.4 Å². The highest BCUT2D eigenvalue weighted by Crippen LogP contribution is 2.42. The molecule has 1 nitrogen and oxygen atoms in total. The van der Waals surface area contributed by atoms with Gasteiger partial charge in [0, 0.05) is 5.56 Å². The molecule has 0 radical (unpaired) electrons. The number of hydrogen-bond donors (Lipinski definition) is 1. The minimum Gasteiger partial charge on any atom is -0.505 e. The third-order valence-electron chi connectivity index (χ3n) is 6.78. The molecule has 1 atom stereocenters. The lowest BCUT2D eigenvalue weighted by atomic mass is 9.70. The first-order chi connectivity index (χ1) is 13.6. The Hall–Kier alpha value is -1.64. The molecule has 3 heteroatoms. The van der Waals surface area contributed by atoms with Crippen molar-refractivity contribution >= 4 is 5.57 Å². The monoisotopic (exact) mass is 388 g/mol. The van der Waals surface area contributed by atoms with E-state index in [0.29, 0.717) is 11.5 Å². The minimum atomic E-state index is -1.14. The van der Waals surface area contributed by atoms with Crippen LogP contribution in [0.5, 0.6) is 5.75 Å². The number of phenolic OH excluding ortho intramolecular Hbond substituents is 1. The second-order valence-corrected chi connectivity index (χ2v) is 8.64. The van der Waals surface area contributed by atoms with Gasteiger partial charge in [0.2, 0.25) is 5.82 Å². The Labute approximate surface area is 168 Å². The van der Waals surface area contributed by atoms with Crippen molar-refractivity contribution in [1.29, 1.82) is 0 Å². The maximum Gasteiger partial charge on any atom is 0.200 e. The topological polar surface area (TPSA) is 20.2 Å². The average molecular weight is 389 g/mol. The van der Waals surface area contributed by atoms with E-state index in [0.717, 1.165) is 36.7 Å². The summed E-state index contributed by atoms with van der Waals surface area (Å²) in [5.74, 6) is -0.328. The minimum absolute atomic E-state index is 0.314. The van der Waals surface area contributed by atoms with Crippen molar-refractivity contribution in [3.63, 3.8) is 0 Å². The predicted octanol–water partition coefficient (Wildman–Crippen LogP) is 7.80. The summed E-state index contributed by atoms with van der Waals surface area (Å²) < 4.78 is 27.8. The summed E-state index contributed by atoms with van der Waals surface area (Å²) in [4.78, 5) is 0. The number of unbranched alkanes of at least 4 members (excludes halogenated alkanes) is 1. The maximum absolute atomic E-state index is 14.1. The first kappa shape index (κ1) is 21.1. The van der Waals surface area contributed by atoms with Gasteiger partial charge in [-0.2, -0.15) is 4.39 Å². The lowest BCUT2D eigenvalue weighted by molar-refractivity contribution is 0.190. The first-order valence-corrected chi connectivity index (χ1v) is 11.1. The summed E-state index contributed by atoms with van der Waals surface area (Å²) in [5.41, 5.74) is 1.20. The molecule has 1 aromatic carbocycles. The first-order valence-electron chi connectivity index (χ1n) is 11.1. The van der Waals surface area contributed by atoms with Gasteiger partial charge in [-0.3, -0.25) is 0 Å². The molecule has 2 aliphatic rings. The Balaban J connectivity index is 1.47. The van der Waals surface area contributed by atoms with Crippen LogP contribution in [0, 0.1) is 29.4 Å². The largest absolute Gasteiger partial charge is 0.505 e. The van der Waals surface area contributed by atoms with Crippen LogP contribution < -0.4 is 0 Å². The van der Waals surface area contributed by atoms with Gasteiger partial charge in [-0.15, -0.1) is 0 Å². The molecule has 0 aromatic heterocycles. The zero-order valence-electron chi connectivity index (χ0n) is 17.1. The summed E-state index contributed by atoms with van der Waals surface area (Å²) in [6, 6.07) is 2.75. The number of aromatic hydroxyl groups is 1. The van der Waals surface area contributed by atoms with Gasteiger partial charge in [-0.1, -0.05) is 44.4 Å². The van der Waals surface area contributed by atoms with Crippen LogP contribution in [0.15, 0.2) is 30.4 Å². The number of phenols is 1. The molecule has 0 heterocycles. The Bertz CT molecular complexity index is 699. The zero-order valence-corrected chi connectivity index (χ0v) is 17.1. The number of hydrogen-bond acceptors (Lipinski definition) is 1. The van der Waals surface area contributed by atoms with Crippen molar-refractivity contribution in [2.45, 2.75) is 77.6 Å². The van der Waals surface area contributed by atoms with Crippen molar-refractivity contribution in [3.8, 4) is 5.75 Å². The molecule has 154 valence electrons. The zero-order chi connectivity index (χ0) is 19.9. The summed E-state index contributed by atoms with van der Waals surface area (Å²) >= 11 is 0. The van der Waals surface area contributed by atoms with Crippen molar-refractivity contribution in [1.82, 2.24) is 0 Å². The summed E-state index contributed by atoms with van der Waals surface area (Å²) in [7, 11) is 0. The Kier molecular flexibility index (Phi) is 7.70. The van der Waals surface area contributed by atoms with Gasteiger partial charge in [0.05, 0.1) is 0 Å². The Morgan fingerprint density at radius 3 is 2.39 bits per heavy atom. The number of rotatable bonds is 7. The molecule has 28 heavy (non-hydrogen) atoms. The third-order valence-corrected chi connectivity index (χ3v) is 6.78. The maximum atomic E-state index is 14.1. The van der Waals surface area contributed by atoms with E-state index in [2.05, 4.69) is 25.2 Å². The Morgan fingerprint density at radius 2 is 1.71 bits per heavy atom. The second-order valence-electron chi connectivity index (χ2n) is 8.64. The molecular weight excluding hydrogens is 354 g/mol. The van der Waals surface area contributed by atoms with Gasteiger partial charge in [-0.05, 0) is 86.8 Å². The van der Waals surface area contributed by atoms with E-state index in [9.17, 15) is 13.9 Å². The quantitative estimate of drug-likeness (QED) is 0.472. The summed E-state index contributed by atoms with van der Waals surface area (Å²) in [6.07, 6.45) is 19.9. The van der Waals surface area contributed by atoms with E-state index in [-0.39, 0.29) is 0 Å². The van der Waals surface area contributed by atoms with Crippen LogP contribution in [0.4, 0.5) is 8.78 Å². The van der Waals surface area contributed by atoms with E-state index in [4.69, 9.17) is 0 Å². The smallest absolute Gasteiger partial charge is 0.200 e. The lowest BCUT2D eigenvalue weighted by Crippen LogP contribution is -2.23. The molecule has 0 saturated heterocycles. The molecule has 1 N–H and O–H groups in total. The highest BCUT2D eigenvalue weighted by molar-refractivity contribution is 5.67. The fourth-order valence-electron chi connectivity index (χ4n) is 5.00. The van der Waals surface area contributed by atoms with Crippen LogP contribution in [0.25, 0.3) is 5.57 Å². The molecule has 1 fully saturated rings. The molecule has 0 spiro atoms. The van der Waals surface area contributed by atoms with Gasteiger partial charge in [0.15, 0.2) is 11.6 Å².